The molecule has 0 aliphatic heterocycles. The lowest BCUT2D eigenvalue weighted by molar-refractivity contribution is -0.161. The van der Waals surface area contributed by atoms with E-state index in [9.17, 15) is 19.0 Å². The second-order valence-electron chi connectivity index (χ2n) is 28.7. The van der Waals surface area contributed by atoms with Gasteiger partial charge in [-0.1, -0.05) is 410 Å². The van der Waals surface area contributed by atoms with Gasteiger partial charge in [-0.25, -0.2) is 4.57 Å². The first-order valence-electron chi connectivity index (χ1n) is 43.3. The van der Waals surface area contributed by atoms with Gasteiger partial charge in [0.05, 0.1) is 13.2 Å². The number of hydrogen-bond donors (Lipinski definition) is 2. The summed E-state index contributed by atoms with van der Waals surface area (Å²) < 4.78 is 33.3. The van der Waals surface area contributed by atoms with Crippen LogP contribution in [-0.4, -0.2) is 49.3 Å². The van der Waals surface area contributed by atoms with Gasteiger partial charge in [-0.2, -0.15) is 0 Å². The average molecular weight is 1450 g/mol. The number of unbranched alkanes of at least 4 members (excludes halogenated alkanes) is 44. The van der Waals surface area contributed by atoms with E-state index in [0.29, 0.717) is 6.42 Å². The van der Waals surface area contributed by atoms with Crippen LogP contribution in [0.3, 0.4) is 0 Å². The predicted octanol–water partition coefficient (Wildman–Crippen LogP) is 29.7. The third-order valence-electron chi connectivity index (χ3n) is 18.7. The van der Waals surface area contributed by atoms with E-state index in [-0.39, 0.29) is 38.6 Å². The lowest BCUT2D eigenvalue weighted by atomic mass is 10.0. The van der Waals surface area contributed by atoms with Gasteiger partial charge in [0, 0.05) is 19.4 Å². The van der Waals surface area contributed by atoms with Crippen LogP contribution in [0, 0.1) is 0 Å². The number of carbonyl (C=O) groups is 2. The molecule has 592 valence electrons. The maximum atomic E-state index is 12.8. The van der Waals surface area contributed by atoms with Crippen molar-refractivity contribution in [3.63, 3.8) is 0 Å². The fraction of sp³-hybridized carbons (Fsp3) is 0.720. The smallest absolute Gasteiger partial charge is 0.462 e. The first-order chi connectivity index (χ1) is 50.8. The van der Waals surface area contributed by atoms with Crippen molar-refractivity contribution in [2.45, 2.75) is 405 Å². The normalized spacial score (nSPS) is 13.6. The largest absolute Gasteiger partial charge is 0.472 e. The summed E-state index contributed by atoms with van der Waals surface area (Å²) in [6, 6.07) is 0. The van der Waals surface area contributed by atoms with E-state index in [1.54, 1.807) is 0 Å². The zero-order chi connectivity index (χ0) is 74.3. The molecule has 0 aliphatic carbocycles. The van der Waals surface area contributed by atoms with Gasteiger partial charge in [0.2, 0.25) is 0 Å². The fourth-order valence-electron chi connectivity index (χ4n) is 12.3. The SMILES string of the molecule is CC/C=C\C/C=C\C/C=C\C/C=C\C/C=C\C/C=C\C/C=C\C/C=C\C/C=C\C/C=C\C/C=C\CCCCCCCCCC(=O)OC(COC(=O)CCCCCCCCCCCCCCCCCCCCCCCCCCCCCCC/C=C\CCCCCCCCCC)COP(=O)(O)OCCN. The van der Waals surface area contributed by atoms with Crippen molar-refractivity contribution < 1.29 is 37.6 Å². The summed E-state index contributed by atoms with van der Waals surface area (Å²) in [6.45, 7) is 3.65. The Morgan fingerprint density at radius 2 is 0.534 bits per heavy atom. The summed E-state index contributed by atoms with van der Waals surface area (Å²) in [6.07, 6.45) is 126. The van der Waals surface area contributed by atoms with Gasteiger partial charge < -0.3 is 20.1 Å². The molecule has 0 bridgehead atoms. The highest BCUT2D eigenvalue weighted by molar-refractivity contribution is 7.47. The molecule has 10 heteroatoms. The Morgan fingerprint density at radius 3 is 0.806 bits per heavy atom. The Morgan fingerprint density at radius 1 is 0.301 bits per heavy atom. The minimum Gasteiger partial charge on any atom is -0.462 e. The number of esters is 2. The number of ether oxygens (including phenoxy) is 2. The van der Waals surface area contributed by atoms with Crippen molar-refractivity contribution in [2.75, 3.05) is 26.4 Å². The molecule has 0 aromatic rings. The highest BCUT2D eigenvalue weighted by Crippen LogP contribution is 2.43. The molecule has 0 fully saturated rings. The standard InChI is InChI=1S/C93H162NO8P/c1-3-5-7-9-11-13-15-17-19-21-23-25-27-29-31-33-35-37-39-41-43-45-47-49-51-53-55-57-59-61-63-65-67-69-71-73-75-77-79-81-83-85-92(95)99-89-91(90-101-103(97,98)100-88-87-94)102-93(96)86-84-82-80-78-76-74-72-70-68-66-64-62-60-58-56-54-52-50-48-46-44-42-40-38-36-34-32-30-28-26-24-22-20-18-16-14-12-10-8-6-4-2/h6,8,12,14,18,20-21,23-24,26,30,32,36,38,42,44,48,50,54,56,60,62,66,68,91H,3-5,7,9-11,13,15-17,19,22,25,27-29,31,33-35,37,39-41,43,45-47,49,51-53,55,57-59,61,63-65,67,69-90,94H2,1-2H3,(H,97,98)/b8-6-,14-12-,20-18-,23-21-,26-24-,32-30-,38-36-,44-42-,50-48-,56-54-,62-60-,68-66-. The van der Waals surface area contributed by atoms with Crippen molar-refractivity contribution >= 4 is 19.8 Å². The molecule has 0 aromatic carbocycles. The molecule has 0 aliphatic rings. The summed E-state index contributed by atoms with van der Waals surface area (Å²) in [4.78, 5) is 35.5. The molecular weight excluding hydrogens is 1290 g/mol. The molecule has 0 spiro atoms. The van der Waals surface area contributed by atoms with E-state index < -0.39 is 26.5 Å². The molecule has 2 unspecified atom stereocenters. The van der Waals surface area contributed by atoms with Crippen LogP contribution in [0.25, 0.3) is 0 Å². The average Bonchev–Trinajstić information content (AvgIpc) is 0.970. The number of phosphoric acid groups is 1. The minimum absolute atomic E-state index is 0.0466. The summed E-state index contributed by atoms with van der Waals surface area (Å²) in [5.41, 5.74) is 5.42. The van der Waals surface area contributed by atoms with E-state index in [4.69, 9.17) is 24.3 Å². The topological polar surface area (TPSA) is 134 Å². The summed E-state index contributed by atoms with van der Waals surface area (Å²) >= 11 is 0. The number of allylic oxidation sites excluding steroid dienone is 24. The fourth-order valence-corrected chi connectivity index (χ4v) is 13.1. The third kappa shape index (κ3) is 86.7. The van der Waals surface area contributed by atoms with Gasteiger partial charge in [-0.15, -0.1) is 0 Å². The van der Waals surface area contributed by atoms with Crippen molar-refractivity contribution in [1.82, 2.24) is 0 Å². The van der Waals surface area contributed by atoms with Crippen LogP contribution < -0.4 is 5.73 Å². The van der Waals surface area contributed by atoms with Crippen LogP contribution >= 0.6 is 7.82 Å². The highest BCUT2D eigenvalue weighted by Gasteiger charge is 2.26. The molecule has 9 nitrogen and oxygen atoms in total. The lowest BCUT2D eigenvalue weighted by Crippen LogP contribution is -2.29. The van der Waals surface area contributed by atoms with Crippen LogP contribution in [0.2, 0.25) is 0 Å². The van der Waals surface area contributed by atoms with Gasteiger partial charge in [0.25, 0.3) is 0 Å². The van der Waals surface area contributed by atoms with E-state index in [2.05, 4.69) is 160 Å². The molecule has 0 aromatic heterocycles. The van der Waals surface area contributed by atoms with Crippen molar-refractivity contribution in [3.8, 4) is 0 Å². The van der Waals surface area contributed by atoms with Gasteiger partial charge >= 0.3 is 19.8 Å². The second kappa shape index (κ2) is 86.8. The van der Waals surface area contributed by atoms with E-state index in [0.717, 1.165) is 116 Å². The maximum absolute atomic E-state index is 12.8. The monoisotopic (exact) mass is 1450 g/mol. The lowest BCUT2D eigenvalue weighted by Gasteiger charge is -2.19. The Bertz CT molecular complexity index is 2220. The first kappa shape index (κ1) is 98.9. The molecule has 0 heterocycles. The maximum Gasteiger partial charge on any atom is 0.472 e. The Kier molecular flexibility index (Phi) is 83.3. The van der Waals surface area contributed by atoms with Crippen LogP contribution in [-0.2, 0) is 32.7 Å². The molecule has 0 saturated heterocycles. The Hall–Kier alpha value is -4.11. The predicted molar refractivity (Wildman–Crippen MR) is 450 cm³/mol. The number of nitrogens with two attached hydrogens (primary N) is 1. The van der Waals surface area contributed by atoms with Crippen LogP contribution in [0.4, 0.5) is 0 Å². The van der Waals surface area contributed by atoms with Crippen molar-refractivity contribution in [3.05, 3.63) is 146 Å². The molecule has 0 rings (SSSR count). The summed E-state index contributed by atoms with van der Waals surface area (Å²) in [7, 11) is -4.41. The Balaban J connectivity index is 3.84. The zero-order valence-corrected chi connectivity index (χ0v) is 67.9. The molecule has 2 atom stereocenters. The van der Waals surface area contributed by atoms with Crippen LogP contribution in [0.15, 0.2) is 146 Å². The van der Waals surface area contributed by atoms with E-state index in [1.807, 2.05) is 0 Å². The molecule has 103 heavy (non-hydrogen) atoms. The minimum atomic E-state index is -4.41. The van der Waals surface area contributed by atoms with Gasteiger partial charge in [-0.05, 0) is 122 Å². The van der Waals surface area contributed by atoms with Crippen LogP contribution in [0.1, 0.15) is 399 Å². The first-order valence-corrected chi connectivity index (χ1v) is 44.8. The molecule has 3 N–H and O–H groups in total. The van der Waals surface area contributed by atoms with E-state index in [1.165, 1.54) is 250 Å². The van der Waals surface area contributed by atoms with Gasteiger partial charge in [0.15, 0.2) is 6.10 Å². The third-order valence-corrected chi connectivity index (χ3v) is 19.7. The molecule has 0 amide bonds. The number of rotatable bonds is 81. The number of phosphoric ester groups is 1. The van der Waals surface area contributed by atoms with Gasteiger partial charge in [-0.3, -0.25) is 18.6 Å². The number of hydrogen-bond acceptors (Lipinski definition) is 8. The van der Waals surface area contributed by atoms with Crippen molar-refractivity contribution in [1.29, 1.82) is 0 Å². The zero-order valence-electron chi connectivity index (χ0n) is 67.0. The van der Waals surface area contributed by atoms with Crippen molar-refractivity contribution in [2.24, 2.45) is 5.73 Å². The van der Waals surface area contributed by atoms with Gasteiger partial charge in [0.1, 0.15) is 6.61 Å². The number of carbonyl (C=O) groups excluding carboxylic acids is 2. The van der Waals surface area contributed by atoms with Crippen LogP contribution in [0.5, 0.6) is 0 Å². The highest BCUT2D eigenvalue weighted by atomic mass is 31.2. The molecule has 0 saturated carbocycles. The Labute approximate surface area is 636 Å². The summed E-state index contributed by atoms with van der Waals surface area (Å²) in [5.74, 6) is -0.833. The summed E-state index contributed by atoms with van der Waals surface area (Å²) in [5, 5.41) is 0. The molecular formula is C93H162NO8P. The quantitative estimate of drug-likeness (QED) is 0.0264. The second-order valence-corrected chi connectivity index (χ2v) is 30.1. The molecule has 0 radical (unpaired) electrons. The van der Waals surface area contributed by atoms with E-state index >= 15 is 0 Å².